The molecule has 0 spiro atoms. The van der Waals surface area contributed by atoms with E-state index in [0.29, 0.717) is 24.3 Å². The van der Waals surface area contributed by atoms with Crippen LogP contribution in [0.15, 0.2) is 48.5 Å². The Morgan fingerprint density at radius 3 is 1.11 bits per heavy atom. The van der Waals surface area contributed by atoms with Crippen molar-refractivity contribution < 1.29 is 35.9 Å². The summed E-state index contributed by atoms with van der Waals surface area (Å²) in [5, 5.41) is 4.28. The molecule has 2 N–H and O–H groups in total. The second-order valence-electron chi connectivity index (χ2n) is 5.42. The molecule has 10 heteroatoms. The number of benzene rings is 2. The quantitative estimate of drug-likeness (QED) is 0.573. The van der Waals surface area contributed by atoms with Crippen LogP contribution in [0.1, 0.15) is 11.1 Å². The van der Waals surface area contributed by atoms with Gasteiger partial charge in [0, 0.05) is 11.4 Å². The predicted molar refractivity (Wildman–Crippen MR) is 85.1 cm³/mol. The largest absolute Gasteiger partial charge is 0.411 e. The van der Waals surface area contributed by atoms with Crippen LogP contribution in [0.3, 0.4) is 0 Å². The molecule has 0 aromatic heterocycles. The minimum Gasteiger partial charge on any atom is -0.329 e. The Balaban J connectivity index is 2.74. The molecule has 0 atom stereocenters. The third-order valence-corrected chi connectivity index (χ3v) is 3.94. The van der Waals surface area contributed by atoms with Crippen molar-refractivity contribution in [2.45, 2.75) is 17.8 Å². The molecule has 0 fully saturated rings. The van der Waals surface area contributed by atoms with Gasteiger partial charge in [0.25, 0.3) is 0 Å². The van der Waals surface area contributed by atoms with Gasteiger partial charge in [-0.05, 0) is 35.4 Å². The highest BCUT2D eigenvalue weighted by Gasteiger charge is 2.72. The molecule has 2 aromatic carbocycles. The molecule has 0 saturated carbocycles. The maximum Gasteiger partial charge on any atom is 0.411 e. The Morgan fingerprint density at radius 1 is 0.593 bits per heavy atom. The van der Waals surface area contributed by atoms with Gasteiger partial charge in [0.2, 0.25) is 18.2 Å². The smallest absolute Gasteiger partial charge is 0.329 e. The lowest BCUT2D eigenvalue weighted by atomic mass is 9.73. The van der Waals surface area contributed by atoms with E-state index in [-0.39, 0.29) is 24.2 Å². The fourth-order valence-electron chi connectivity index (χ4n) is 2.75. The lowest BCUT2D eigenvalue weighted by molar-refractivity contribution is -0.288. The second kappa shape index (κ2) is 7.29. The monoisotopic (exact) mass is 390 g/mol. The van der Waals surface area contributed by atoms with Gasteiger partial charge >= 0.3 is 12.4 Å². The van der Waals surface area contributed by atoms with E-state index in [1.54, 1.807) is 0 Å². The molecule has 27 heavy (non-hydrogen) atoms. The molecule has 0 radical (unpaired) electrons. The first kappa shape index (κ1) is 20.3. The number of amides is 2. The summed E-state index contributed by atoms with van der Waals surface area (Å²) in [6.07, 6.45) is -10.9. The summed E-state index contributed by atoms with van der Waals surface area (Å²) in [7, 11) is 0. The number of alkyl halides is 6. The van der Waals surface area contributed by atoms with Crippen molar-refractivity contribution >= 4 is 24.2 Å². The third kappa shape index (κ3) is 3.60. The van der Waals surface area contributed by atoms with Crippen LogP contribution in [0.25, 0.3) is 0 Å². The summed E-state index contributed by atoms with van der Waals surface area (Å²) in [6, 6.07) is 6.40. The Hall–Kier alpha value is -3.04. The molecule has 2 amide bonds. The highest BCUT2D eigenvalue weighted by molar-refractivity contribution is 5.72. The number of hydrogen-bond acceptors (Lipinski definition) is 2. The van der Waals surface area contributed by atoms with Crippen molar-refractivity contribution in [1.82, 2.24) is 0 Å². The SMILES string of the molecule is O=CNc1ccc(C(c2ccc(NC=O)cc2)(C(F)(F)F)C(F)(F)F)cc1. The number of halogens is 6. The van der Waals surface area contributed by atoms with E-state index < -0.39 is 28.9 Å². The molecule has 4 nitrogen and oxygen atoms in total. The maximum atomic E-state index is 13.9. The number of anilines is 2. The molecule has 0 aliphatic rings. The van der Waals surface area contributed by atoms with Crippen LogP contribution in [0.4, 0.5) is 37.7 Å². The topological polar surface area (TPSA) is 58.2 Å². The van der Waals surface area contributed by atoms with E-state index in [0.717, 1.165) is 24.3 Å². The van der Waals surface area contributed by atoms with Crippen LogP contribution >= 0.6 is 0 Å². The van der Waals surface area contributed by atoms with Gasteiger partial charge in [0.05, 0.1) is 0 Å². The zero-order valence-electron chi connectivity index (χ0n) is 13.4. The number of hydrogen-bond donors (Lipinski definition) is 2. The standard InChI is InChI=1S/C17H12F6N2O2/c18-16(19,20)15(17(21,22)23,11-1-5-13(6-2-11)24-9-26)12-3-7-14(8-4-12)25-10-27/h1-10H,(H,24,26)(H,25,27). The zero-order valence-corrected chi connectivity index (χ0v) is 13.4. The molecule has 0 heterocycles. The van der Waals surface area contributed by atoms with Gasteiger partial charge in [-0.1, -0.05) is 24.3 Å². The van der Waals surface area contributed by atoms with Crippen molar-refractivity contribution in [3.63, 3.8) is 0 Å². The number of rotatable bonds is 6. The van der Waals surface area contributed by atoms with Crippen LogP contribution in [-0.4, -0.2) is 25.2 Å². The second-order valence-corrected chi connectivity index (χ2v) is 5.42. The number of nitrogens with one attached hydrogen (secondary N) is 2. The van der Waals surface area contributed by atoms with Gasteiger partial charge < -0.3 is 10.6 Å². The van der Waals surface area contributed by atoms with E-state index in [2.05, 4.69) is 10.6 Å². The third-order valence-electron chi connectivity index (χ3n) is 3.94. The summed E-state index contributed by atoms with van der Waals surface area (Å²) in [5.74, 6) is 0. The Kier molecular flexibility index (Phi) is 5.48. The van der Waals surface area contributed by atoms with E-state index in [1.807, 2.05) is 0 Å². The normalized spacial score (nSPS) is 12.4. The first-order chi connectivity index (χ1) is 12.6. The van der Waals surface area contributed by atoms with Crippen molar-refractivity contribution in [1.29, 1.82) is 0 Å². The lowest BCUT2D eigenvalue weighted by Crippen LogP contribution is -2.54. The van der Waals surface area contributed by atoms with Gasteiger partial charge in [0.1, 0.15) is 0 Å². The zero-order chi connectivity index (χ0) is 20.3. The molecule has 0 saturated heterocycles. The van der Waals surface area contributed by atoms with E-state index in [1.165, 1.54) is 0 Å². The molecule has 2 rings (SSSR count). The van der Waals surface area contributed by atoms with Crippen LogP contribution in [0.5, 0.6) is 0 Å². The van der Waals surface area contributed by atoms with E-state index >= 15 is 0 Å². The van der Waals surface area contributed by atoms with Crippen LogP contribution < -0.4 is 10.6 Å². The van der Waals surface area contributed by atoms with Crippen molar-refractivity contribution in [2.24, 2.45) is 0 Å². The summed E-state index contributed by atoms with van der Waals surface area (Å²) in [6.45, 7) is 0. The van der Waals surface area contributed by atoms with Gasteiger partial charge in [0.15, 0.2) is 0 Å². The molecule has 0 unspecified atom stereocenters. The average molecular weight is 390 g/mol. The Labute approximate surface area is 149 Å². The minimum absolute atomic E-state index is 0.0394. The Morgan fingerprint density at radius 2 is 0.889 bits per heavy atom. The van der Waals surface area contributed by atoms with Crippen molar-refractivity contribution in [3.8, 4) is 0 Å². The molecule has 0 bridgehead atoms. The van der Waals surface area contributed by atoms with Crippen molar-refractivity contribution in [3.05, 3.63) is 59.7 Å². The van der Waals surface area contributed by atoms with Gasteiger partial charge in [-0.3, -0.25) is 9.59 Å². The van der Waals surface area contributed by atoms with Crippen LogP contribution in [0.2, 0.25) is 0 Å². The lowest BCUT2D eigenvalue weighted by Gasteiger charge is -2.38. The first-order valence-corrected chi connectivity index (χ1v) is 7.33. The highest BCUT2D eigenvalue weighted by Crippen LogP contribution is 2.56. The molecule has 0 aliphatic heterocycles. The molecular formula is C17H12F6N2O2. The van der Waals surface area contributed by atoms with E-state index in [9.17, 15) is 35.9 Å². The van der Waals surface area contributed by atoms with Crippen molar-refractivity contribution in [2.75, 3.05) is 10.6 Å². The van der Waals surface area contributed by atoms with Gasteiger partial charge in [-0.15, -0.1) is 0 Å². The average Bonchev–Trinajstić information content (AvgIpc) is 2.56. The molecular weight excluding hydrogens is 378 g/mol. The molecule has 0 aliphatic carbocycles. The molecule has 144 valence electrons. The van der Waals surface area contributed by atoms with Crippen LogP contribution in [0, 0.1) is 0 Å². The number of carbonyl (C=O) groups excluding carboxylic acids is 2. The number of carbonyl (C=O) groups is 2. The van der Waals surface area contributed by atoms with Gasteiger partial charge in [-0.25, -0.2) is 0 Å². The first-order valence-electron chi connectivity index (χ1n) is 7.33. The van der Waals surface area contributed by atoms with E-state index in [4.69, 9.17) is 0 Å². The summed E-state index contributed by atoms with van der Waals surface area (Å²) in [5.41, 5.74) is -6.33. The maximum absolute atomic E-state index is 13.9. The molecule has 2 aromatic rings. The summed E-state index contributed by atoms with van der Waals surface area (Å²) < 4.78 is 83.3. The fourth-order valence-corrected chi connectivity index (χ4v) is 2.75. The summed E-state index contributed by atoms with van der Waals surface area (Å²) >= 11 is 0. The van der Waals surface area contributed by atoms with Gasteiger partial charge in [-0.2, -0.15) is 26.3 Å². The predicted octanol–water partition coefficient (Wildman–Crippen LogP) is 4.23. The minimum atomic E-state index is -5.72. The van der Waals surface area contributed by atoms with Crippen LogP contribution in [-0.2, 0) is 15.0 Å². The Bertz CT molecular complexity index is 729. The highest BCUT2D eigenvalue weighted by atomic mass is 19.4. The fraction of sp³-hybridized carbons (Fsp3) is 0.176. The summed E-state index contributed by atoms with van der Waals surface area (Å²) in [4.78, 5) is 20.8.